The van der Waals surface area contributed by atoms with E-state index in [2.05, 4.69) is 6.07 Å². The molecule has 1 aromatic carbocycles. The number of rotatable bonds is 6. The van der Waals surface area contributed by atoms with E-state index < -0.39 is 11.4 Å². The van der Waals surface area contributed by atoms with Crippen LogP contribution in [0, 0.1) is 16.7 Å². The number of ether oxygens (including phenoxy) is 2. The Balaban J connectivity index is 2.88. The fourth-order valence-corrected chi connectivity index (χ4v) is 1.46. The van der Waals surface area contributed by atoms with Gasteiger partial charge < -0.3 is 14.6 Å². The Morgan fingerprint density at radius 2 is 2.16 bits per heavy atom. The molecule has 0 bridgehead atoms. The lowest BCUT2D eigenvalue weighted by Gasteiger charge is -2.17. The molecule has 5 heteroatoms. The lowest BCUT2D eigenvalue weighted by molar-refractivity contribution is 0.0691. The highest BCUT2D eigenvalue weighted by atomic mass is 16.5. The van der Waals surface area contributed by atoms with Crippen molar-refractivity contribution < 1.29 is 19.4 Å². The van der Waals surface area contributed by atoms with Crippen LogP contribution in [0.1, 0.15) is 30.6 Å². The van der Waals surface area contributed by atoms with Crippen LogP contribution in [0.15, 0.2) is 18.2 Å². The van der Waals surface area contributed by atoms with Gasteiger partial charge in [-0.15, -0.1) is 0 Å². The SMILES string of the molecule is COc1cccc(C(=O)O)c1OCCC(C)(C)C#N. The van der Waals surface area contributed by atoms with Gasteiger partial charge in [0.2, 0.25) is 0 Å². The van der Waals surface area contributed by atoms with E-state index in [-0.39, 0.29) is 17.9 Å². The monoisotopic (exact) mass is 263 g/mol. The quantitative estimate of drug-likeness (QED) is 0.853. The van der Waals surface area contributed by atoms with E-state index in [9.17, 15) is 4.79 Å². The molecule has 1 aromatic rings. The highest BCUT2D eigenvalue weighted by molar-refractivity contribution is 5.92. The summed E-state index contributed by atoms with van der Waals surface area (Å²) in [7, 11) is 1.45. The first-order valence-corrected chi connectivity index (χ1v) is 5.85. The van der Waals surface area contributed by atoms with Gasteiger partial charge in [-0.3, -0.25) is 0 Å². The molecule has 0 saturated carbocycles. The number of carbonyl (C=O) groups is 1. The van der Waals surface area contributed by atoms with E-state index in [1.807, 2.05) is 0 Å². The van der Waals surface area contributed by atoms with E-state index in [1.54, 1.807) is 26.0 Å². The minimum atomic E-state index is -1.08. The number of nitrogens with zero attached hydrogens (tertiary/aromatic N) is 1. The zero-order valence-electron chi connectivity index (χ0n) is 11.3. The first kappa shape index (κ1) is 14.8. The molecule has 5 nitrogen and oxygen atoms in total. The van der Waals surface area contributed by atoms with Crippen LogP contribution in [0.5, 0.6) is 11.5 Å². The van der Waals surface area contributed by atoms with Crippen molar-refractivity contribution in [1.29, 1.82) is 5.26 Å². The van der Waals surface area contributed by atoms with E-state index in [1.165, 1.54) is 13.2 Å². The minimum Gasteiger partial charge on any atom is -0.493 e. The smallest absolute Gasteiger partial charge is 0.339 e. The molecule has 102 valence electrons. The molecule has 0 aliphatic carbocycles. The molecule has 0 fully saturated rings. The first-order valence-electron chi connectivity index (χ1n) is 5.85. The van der Waals surface area contributed by atoms with Gasteiger partial charge in [-0.2, -0.15) is 5.26 Å². The first-order chi connectivity index (χ1) is 8.91. The van der Waals surface area contributed by atoms with Crippen molar-refractivity contribution >= 4 is 5.97 Å². The average molecular weight is 263 g/mol. The number of carboxylic acids is 1. The summed E-state index contributed by atoms with van der Waals surface area (Å²) in [5.41, 5.74) is -0.458. The van der Waals surface area contributed by atoms with Crippen molar-refractivity contribution in [3.63, 3.8) is 0 Å². The molecule has 0 aliphatic heterocycles. The van der Waals surface area contributed by atoms with Gasteiger partial charge in [-0.25, -0.2) is 4.79 Å². The molecule has 0 unspecified atom stereocenters. The topological polar surface area (TPSA) is 79.6 Å². The third-order valence-corrected chi connectivity index (χ3v) is 2.71. The molecular weight excluding hydrogens is 246 g/mol. The predicted octanol–water partition coefficient (Wildman–Crippen LogP) is 2.71. The number of methoxy groups -OCH3 is 1. The van der Waals surface area contributed by atoms with Gasteiger partial charge in [0.1, 0.15) is 5.56 Å². The van der Waals surface area contributed by atoms with Crippen molar-refractivity contribution in [2.24, 2.45) is 5.41 Å². The largest absolute Gasteiger partial charge is 0.493 e. The molecule has 0 radical (unpaired) electrons. The van der Waals surface area contributed by atoms with E-state index >= 15 is 0 Å². The zero-order chi connectivity index (χ0) is 14.5. The molecule has 0 atom stereocenters. The van der Waals surface area contributed by atoms with Crippen LogP contribution in [-0.2, 0) is 0 Å². The van der Waals surface area contributed by atoms with E-state index in [0.29, 0.717) is 12.2 Å². The Morgan fingerprint density at radius 3 is 2.68 bits per heavy atom. The molecule has 1 rings (SSSR count). The Bertz CT molecular complexity index is 503. The summed E-state index contributed by atoms with van der Waals surface area (Å²) in [6, 6.07) is 6.85. The molecule has 0 heterocycles. The van der Waals surface area contributed by atoms with Crippen LogP contribution in [0.25, 0.3) is 0 Å². The van der Waals surface area contributed by atoms with Crippen LogP contribution >= 0.6 is 0 Å². The highest BCUT2D eigenvalue weighted by Gasteiger charge is 2.19. The zero-order valence-corrected chi connectivity index (χ0v) is 11.3. The molecule has 0 spiro atoms. The number of carboxylic acid groups (broad SMARTS) is 1. The van der Waals surface area contributed by atoms with Crippen LogP contribution in [0.2, 0.25) is 0 Å². The number of benzene rings is 1. The van der Waals surface area contributed by atoms with Crippen molar-refractivity contribution in [2.75, 3.05) is 13.7 Å². The van der Waals surface area contributed by atoms with Crippen molar-refractivity contribution in [2.45, 2.75) is 20.3 Å². The fraction of sp³-hybridized carbons (Fsp3) is 0.429. The Labute approximate surface area is 112 Å². The fourth-order valence-electron chi connectivity index (χ4n) is 1.46. The van der Waals surface area contributed by atoms with Crippen molar-refractivity contribution in [1.82, 2.24) is 0 Å². The summed E-state index contributed by atoms with van der Waals surface area (Å²) in [5, 5.41) is 18.0. The van der Waals surface area contributed by atoms with Crippen LogP contribution in [0.3, 0.4) is 0 Å². The maximum absolute atomic E-state index is 11.1. The summed E-state index contributed by atoms with van der Waals surface area (Å²) >= 11 is 0. The number of hydrogen-bond donors (Lipinski definition) is 1. The maximum Gasteiger partial charge on any atom is 0.339 e. The maximum atomic E-state index is 11.1. The van der Waals surface area contributed by atoms with Crippen LogP contribution in [0.4, 0.5) is 0 Å². The molecule has 0 aliphatic rings. The average Bonchev–Trinajstić information content (AvgIpc) is 2.38. The lowest BCUT2D eigenvalue weighted by Crippen LogP contribution is -2.14. The molecule has 0 amide bonds. The minimum absolute atomic E-state index is 0.0501. The molecule has 0 aromatic heterocycles. The summed E-state index contributed by atoms with van der Waals surface area (Å²) in [5.74, 6) is -0.505. The second kappa shape index (κ2) is 6.10. The summed E-state index contributed by atoms with van der Waals surface area (Å²) in [6.07, 6.45) is 0.501. The molecule has 0 saturated heterocycles. The number of hydrogen-bond acceptors (Lipinski definition) is 4. The molecule has 1 N–H and O–H groups in total. The number of aromatic carboxylic acids is 1. The summed E-state index contributed by atoms with van der Waals surface area (Å²) < 4.78 is 10.6. The van der Waals surface area contributed by atoms with E-state index in [4.69, 9.17) is 19.8 Å². The molecule has 19 heavy (non-hydrogen) atoms. The Hall–Kier alpha value is -2.22. The van der Waals surface area contributed by atoms with Gasteiger partial charge in [0.25, 0.3) is 0 Å². The van der Waals surface area contributed by atoms with Gasteiger partial charge in [0.15, 0.2) is 11.5 Å². The summed E-state index contributed by atoms with van der Waals surface area (Å²) in [4.78, 5) is 11.1. The van der Waals surface area contributed by atoms with Gasteiger partial charge in [0, 0.05) is 0 Å². The van der Waals surface area contributed by atoms with Crippen LogP contribution in [-0.4, -0.2) is 24.8 Å². The standard InChI is InChI=1S/C14H17NO4/c1-14(2,9-15)7-8-19-12-10(13(16)17)5-4-6-11(12)18-3/h4-6H,7-8H2,1-3H3,(H,16,17). The lowest BCUT2D eigenvalue weighted by atomic mass is 9.92. The van der Waals surface area contributed by atoms with Crippen molar-refractivity contribution in [3.05, 3.63) is 23.8 Å². The normalized spacial score (nSPS) is 10.6. The highest BCUT2D eigenvalue weighted by Crippen LogP contribution is 2.32. The second-order valence-corrected chi connectivity index (χ2v) is 4.74. The van der Waals surface area contributed by atoms with Gasteiger partial charge in [-0.05, 0) is 32.4 Å². The van der Waals surface area contributed by atoms with E-state index in [0.717, 1.165) is 0 Å². The second-order valence-electron chi connectivity index (χ2n) is 4.74. The van der Waals surface area contributed by atoms with Crippen molar-refractivity contribution in [3.8, 4) is 17.6 Å². The van der Waals surface area contributed by atoms with Gasteiger partial charge in [-0.1, -0.05) is 6.07 Å². The molecular formula is C14H17NO4. The third kappa shape index (κ3) is 3.88. The Kier molecular flexibility index (Phi) is 4.76. The number of para-hydroxylation sites is 1. The van der Waals surface area contributed by atoms with Gasteiger partial charge in [0.05, 0.1) is 25.2 Å². The Morgan fingerprint density at radius 1 is 1.47 bits per heavy atom. The third-order valence-electron chi connectivity index (χ3n) is 2.71. The number of nitriles is 1. The predicted molar refractivity (Wildman–Crippen MR) is 69.5 cm³/mol. The van der Waals surface area contributed by atoms with Gasteiger partial charge >= 0.3 is 5.97 Å². The summed E-state index contributed by atoms with van der Waals surface area (Å²) in [6.45, 7) is 3.86. The van der Waals surface area contributed by atoms with Crippen LogP contribution < -0.4 is 9.47 Å².